The summed E-state index contributed by atoms with van der Waals surface area (Å²) in [5, 5.41) is 11.8. The number of carbonyl (C=O) groups excluding carboxylic acids is 2. The molecule has 3 aromatic carbocycles. The van der Waals surface area contributed by atoms with E-state index in [1.54, 1.807) is 42.5 Å². The van der Waals surface area contributed by atoms with Gasteiger partial charge >= 0.3 is 0 Å². The Hall–Kier alpha value is -4.76. The first-order valence-corrected chi connectivity index (χ1v) is 13.8. The molecule has 1 amide bonds. The molecule has 5 rings (SSSR count). The number of Topliss-reactive ketones (excluding diaryl/α,β-unsaturated/α-hetero) is 1. The van der Waals surface area contributed by atoms with E-state index < -0.39 is 23.5 Å². The van der Waals surface area contributed by atoms with Crippen molar-refractivity contribution in [3.8, 4) is 17.2 Å². The number of fused-ring (bicyclic) bond motifs is 1. The number of rotatable bonds is 12. The Labute approximate surface area is 244 Å². The number of benzene rings is 3. The van der Waals surface area contributed by atoms with Crippen molar-refractivity contribution in [2.75, 3.05) is 40.9 Å². The van der Waals surface area contributed by atoms with Crippen LogP contribution in [0.3, 0.4) is 0 Å². The van der Waals surface area contributed by atoms with Gasteiger partial charge in [-0.15, -0.1) is 0 Å². The van der Waals surface area contributed by atoms with Gasteiger partial charge in [0.25, 0.3) is 5.91 Å². The number of ketones is 1. The molecule has 1 aliphatic rings. The molecule has 0 radical (unpaired) electrons. The van der Waals surface area contributed by atoms with Gasteiger partial charge in [-0.1, -0.05) is 48.5 Å². The normalized spacial score (nSPS) is 15.1. The predicted molar refractivity (Wildman–Crippen MR) is 158 cm³/mol. The molecule has 0 saturated heterocycles. The Kier molecular flexibility index (Phi) is 8.49. The maximum atomic E-state index is 14.0. The van der Waals surface area contributed by atoms with Crippen LogP contribution in [0.1, 0.15) is 34.6 Å². The average Bonchev–Trinajstić information content (AvgIpc) is 3.54. The minimum absolute atomic E-state index is 0.00356. The highest BCUT2D eigenvalue weighted by atomic mass is 16.5. The summed E-state index contributed by atoms with van der Waals surface area (Å²) in [6, 6.07) is 21.1. The van der Waals surface area contributed by atoms with Gasteiger partial charge in [-0.2, -0.15) is 0 Å². The SMILES string of the molecule is CCOc1cc(C2C(C(=O)c3cc4cccc(OC)c4o3)=C(O)C(=O)N2CCN(C)C)ccc1OCc1ccccc1. The van der Waals surface area contributed by atoms with E-state index in [1.807, 2.05) is 56.3 Å². The summed E-state index contributed by atoms with van der Waals surface area (Å²) < 4.78 is 23.3. The number of ether oxygens (including phenoxy) is 3. The maximum absolute atomic E-state index is 14.0. The summed E-state index contributed by atoms with van der Waals surface area (Å²) in [5.74, 6) is -0.338. The van der Waals surface area contributed by atoms with Gasteiger partial charge in [0.2, 0.25) is 5.78 Å². The van der Waals surface area contributed by atoms with E-state index in [4.69, 9.17) is 18.6 Å². The van der Waals surface area contributed by atoms with Crippen molar-refractivity contribution in [2.24, 2.45) is 0 Å². The molecule has 0 fully saturated rings. The molecule has 0 bridgehead atoms. The number of para-hydroxylation sites is 1. The Morgan fingerprint density at radius 1 is 0.976 bits per heavy atom. The molecule has 0 saturated carbocycles. The van der Waals surface area contributed by atoms with E-state index in [-0.39, 0.29) is 17.9 Å². The summed E-state index contributed by atoms with van der Waals surface area (Å²) in [6.07, 6.45) is 0. The lowest BCUT2D eigenvalue weighted by atomic mass is 9.94. The summed E-state index contributed by atoms with van der Waals surface area (Å²) in [5.41, 5.74) is 1.95. The molecule has 1 atom stereocenters. The molecule has 0 aliphatic carbocycles. The van der Waals surface area contributed by atoms with E-state index in [0.29, 0.717) is 53.5 Å². The molecule has 1 N–H and O–H groups in total. The molecule has 218 valence electrons. The van der Waals surface area contributed by atoms with Crippen molar-refractivity contribution in [1.82, 2.24) is 9.80 Å². The number of amides is 1. The van der Waals surface area contributed by atoms with Crippen LogP contribution in [-0.2, 0) is 11.4 Å². The summed E-state index contributed by atoms with van der Waals surface area (Å²) >= 11 is 0. The van der Waals surface area contributed by atoms with Crippen LogP contribution >= 0.6 is 0 Å². The maximum Gasteiger partial charge on any atom is 0.290 e. The molecule has 2 heterocycles. The standard InChI is InChI=1S/C33H34N2O7/c1-5-40-26-18-22(14-15-24(26)41-20-21-10-7-6-8-11-21)29-28(31(37)33(38)35(29)17-16-34(2)3)30(36)27-19-23-12-9-13-25(39-4)32(23)42-27/h6-15,18-19,29,37H,5,16-17,20H2,1-4H3. The van der Waals surface area contributed by atoms with Crippen LogP contribution in [0.15, 0.2) is 88.5 Å². The second-order valence-corrected chi connectivity index (χ2v) is 10.2. The number of methoxy groups -OCH3 is 1. The van der Waals surface area contributed by atoms with Crippen molar-refractivity contribution in [2.45, 2.75) is 19.6 Å². The third-order valence-corrected chi connectivity index (χ3v) is 7.11. The molecule has 9 heteroatoms. The third kappa shape index (κ3) is 5.69. The number of aliphatic hydroxyl groups excluding tert-OH is 1. The first-order chi connectivity index (χ1) is 20.3. The quantitative estimate of drug-likeness (QED) is 0.221. The highest BCUT2D eigenvalue weighted by Gasteiger charge is 2.44. The second-order valence-electron chi connectivity index (χ2n) is 10.2. The molecule has 1 aliphatic heterocycles. The van der Waals surface area contributed by atoms with E-state index in [9.17, 15) is 14.7 Å². The first-order valence-electron chi connectivity index (χ1n) is 13.8. The van der Waals surface area contributed by atoms with Gasteiger partial charge in [0, 0.05) is 18.5 Å². The van der Waals surface area contributed by atoms with Gasteiger partial charge in [0.1, 0.15) is 6.61 Å². The van der Waals surface area contributed by atoms with E-state index in [1.165, 1.54) is 12.0 Å². The third-order valence-electron chi connectivity index (χ3n) is 7.11. The number of hydrogen-bond acceptors (Lipinski definition) is 8. The molecule has 4 aromatic rings. The van der Waals surface area contributed by atoms with Gasteiger partial charge in [-0.25, -0.2) is 0 Å². The van der Waals surface area contributed by atoms with Crippen LogP contribution < -0.4 is 14.2 Å². The molecular weight excluding hydrogens is 536 g/mol. The fourth-order valence-electron chi connectivity index (χ4n) is 5.03. The smallest absolute Gasteiger partial charge is 0.290 e. The molecule has 9 nitrogen and oxygen atoms in total. The molecular formula is C33H34N2O7. The first kappa shape index (κ1) is 28.8. The van der Waals surface area contributed by atoms with E-state index >= 15 is 0 Å². The van der Waals surface area contributed by atoms with E-state index in [2.05, 4.69) is 0 Å². The zero-order valence-corrected chi connectivity index (χ0v) is 24.1. The van der Waals surface area contributed by atoms with Crippen molar-refractivity contribution in [3.05, 3.63) is 101 Å². The van der Waals surface area contributed by atoms with Gasteiger partial charge < -0.3 is 33.5 Å². The zero-order chi connectivity index (χ0) is 29.8. The Bertz CT molecular complexity index is 1620. The molecule has 42 heavy (non-hydrogen) atoms. The molecule has 1 unspecified atom stereocenters. The van der Waals surface area contributed by atoms with Gasteiger partial charge in [-0.05, 0) is 56.4 Å². The second kappa shape index (κ2) is 12.4. The van der Waals surface area contributed by atoms with Crippen LogP contribution in [0.4, 0.5) is 0 Å². The number of furan rings is 1. The Morgan fingerprint density at radius 3 is 2.48 bits per heavy atom. The van der Waals surface area contributed by atoms with Crippen LogP contribution in [0, 0.1) is 0 Å². The number of hydrogen-bond donors (Lipinski definition) is 1. The van der Waals surface area contributed by atoms with Crippen molar-refractivity contribution < 1.29 is 33.3 Å². The summed E-state index contributed by atoms with van der Waals surface area (Å²) in [7, 11) is 5.30. The van der Waals surface area contributed by atoms with Crippen molar-refractivity contribution in [3.63, 3.8) is 0 Å². The largest absolute Gasteiger partial charge is 0.503 e. The number of likely N-dealkylation sites (N-methyl/N-ethyl adjacent to an activating group) is 1. The zero-order valence-electron chi connectivity index (χ0n) is 24.1. The lowest BCUT2D eigenvalue weighted by molar-refractivity contribution is -0.129. The topological polar surface area (TPSA) is 102 Å². The van der Waals surface area contributed by atoms with Gasteiger partial charge in [0.05, 0.1) is 25.3 Å². The fourth-order valence-corrected chi connectivity index (χ4v) is 5.03. The minimum atomic E-state index is -0.873. The van der Waals surface area contributed by atoms with Crippen molar-refractivity contribution in [1.29, 1.82) is 0 Å². The van der Waals surface area contributed by atoms with Crippen LogP contribution in [0.2, 0.25) is 0 Å². The lowest BCUT2D eigenvalue weighted by Crippen LogP contribution is -2.36. The van der Waals surface area contributed by atoms with Crippen molar-refractivity contribution >= 4 is 22.7 Å². The predicted octanol–water partition coefficient (Wildman–Crippen LogP) is 5.56. The summed E-state index contributed by atoms with van der Waals surface area (Å²) in [6.45, 7) is 3.40. The van der Waals surface area contributed by atoms with E-state index in [0.717, 1.165) is 5.56 Å². The molecule has 1 aromatic heterocycles. The highest BCUT2D eigenvalue weighted by Crippen LogP contribution is 2.42. The van der Waals surface area contributed by atoms with Crippen LogP contribution in [-0.4, -0.2) is 67.5 Å². The number of nitrogens with zero attached hydrogens (tertiary/aromatic N) is 2. The summed E-state index contributed by atoms with van der Waals surface area (Å²) in [4.78, 5) is 30.8. The van der Waals surface area contributed by atoms with Crippen LogP contribution in [0.25, 0.3) is 11.0 Å². The minimum Gasteiger partial charge on any atom is -0.503 e. The molecule has 0 spiro atoms. The average molecular weight is 571 g/mol. The van der Waals surface area contributed by atoms with Crippen LogP contribution in [0.5, 0.6) is 17.2 Å². The highest BCUT2D eigenvalue weighted by molar-refractivity contribution is 6.16. The Morgan fingerprint density at radius 2 is 1.76 bits per heavy atom. The fraction of sp³-hybridized carbons (Fsp3) is 0.273. The van der Waals surface area contributed by atoms with Gasteiger partial charge in [-0.3, -0.25) is 9.59 Å². The Balaban J connectivity index is 1.54. The lowest BCUT2D eigenvalue weighted by Gasteiger charge is -2.28. The monoisotopic (exact) mass is 570 g/mol. The number of carbonyl (C=O) groups is 2. The number of aliphatic hydroxyl groups is 1. The van der Waals surface area contributed by atoms with Gasteiger partial charge in [0.15, 0.2) is 34.4 Å².